The van der Waals surface area contributed by atoms with Crippen molar-refractivity contribution in [2.75, 3.05) is 13.6 Å². The number of ketones is 1. The molecule has 9 heavy (non-hydrogen) atoms. The summed E-state index contributed by atoms with van der Waals surface area (Å²) in [6.45, 7) is 3.04. The fraction of sp³-hybridized carbons (Fsp3) is 0.857. The van der Waals surface area contributed by atoms with Crippen LogP contribution < -0.4 is 0 Å². The van der Waals surface area contributed by atoms with Gasteiger partial charge in [-0.2, -0.15) is 0 Å². The Bertz CT molecular complexity index is 122. The van der Waals surface area contributed by atoms with Crippen LogP contribution in [0.4, 0.5) is 0 Å². The van der Waals surface area contributed by atoms with Crippen LogP contribution in [-0.4, -0.2) is 30.3 Å². The molecule has 0 unspecified atom stereocenters. The van der Waals surface area contributed by atoms with Gasteiger partial charge in [-0.25, -0.2) is 0 Å². The van der Waals surface area contributed by atoms with Gasteiger partial charge in [0.1, 0.15) is 5.78 Å². The lowest BCUT2D eigenvalue weighted by atomic mass is 10.0. The lowest BCUT2D eigenvalue weighted by Crippen LogP contribution is -2.37. The van der Waals surface area contributed by atoms with Crippen LogP contribution in [0, 0.1) is 0 Å². The maximum absolute atomic E-state index is 10.8. The molecule has 1 atom stereocenters. The van der Waals surface area contributed by atoms with Crippen molar-refractivity contribution in [3.8, 4) is 0 Å². The van der Waals surface area contributed by atoms with E-state index in [1.807, 2.05) is 0 Å². The molecule has 1 aliphatic heterocycles. The summed E-state index contributed by atoms with van der Waals surface area (Å²) in [7, 11) is 2.07. The van der Waals surface area contributed by atoms with Gasteiger partial charge in [-0.05, 0) is 14.0 Å². The summed E-state index contributed by atoms with van der Waals surface area (Å²) >= 11 is 0. The number of Topliss-reactive ketones (excluding diaryl/α,β-unsaturated/α-hetero) is 1. The van der Waals surface area contributed by atoms with Gasteiger partial charge in [0, 0.05) is 25.4 Å². The van der Waals surface area contributed by atoms with Gasteiger partial charge in [0.05, 0.1) is 0 Å². The van der Waals surface area contributed by atoms with Crippen molar-refractivity contribution in [2.45, 2.75) is 25.8 Å². The molecule has 1 saturated heterocycles. The minimum atomic E-state index is 0.417. The number of likely N-dealkylation sites (tertiary alicyclic amines) is 1. The Balaban J connectivity index is 2.44. The lowest BCUT2D eigenvalue weighted by Gasteiger charge is -2.28. The van der Waals surface area contributed by atoms with E-state index in [0.29, 0.717) is 11.8 Å². The van der Waals surface area contributed by atoms with Crippen molar-refractivity contribution in [3.63, 3.8) is 0 Å². The van der Waals surface area contributed by atoms with E-state index in [-0.39, 0.29) is 0 Å². The Labute approximate surface area is 55.8 Å². The van der Waals surface area contributed by atoms with Gasteiger partial charge in [-0.3, -0.25) is 4.79 Å². The molecule has 0 saturated carbocycles. The minimum absolute atomic E-state index is 0.417. The number of rotatable bonds is 0. The molecule has 1 rings (SSSR count). The Morgan fingerprint density at radius 3 is 2.78 bits per heavy atom. The first-order chi connectivity index (χ1) is 4.20. The first-order valence-corrected chi connectivity index (χ1v) is 3.42. The maximum atomic E-state index is 10.8. The maximum Gasteiger partial charge on any atom is 0.135 e. The molecule has 0 aromatic carbocycles. The summed E-state index contributed by atoms with van der Waals surface area (Å²) in [6, 6.07) is 0.464. The predicted molar refractivity (Wildman–Crippen MR) is 36.3 cm³/mol. The van der Waals surface area contributed by atoms with Crippen LogP contribution in [0.25, 0.3) is 0 Å². The summed E-state index contributed by atoms with van der Waals surface area (Å²) in [5.74, 6) is 0.417. The Morgan fingerprint density at radius 1 is 1.67 bits per heavy atom. The zero-order valence-corrected chi connectivity index (χ0v) is 6.05. The van der Waals surface area contributed by atoms with Crippen molar-refractivity contribution < 1.29 is 4.79 Å². The van der Waals surface area contributed by atoms with Crippen molar-refractivity contribution in [3.05, 3.63) is 0 Å². The van der Waals surface area contributed by atoms with Gasteiger partial charge in [0.25, 0.3) is 0 Å². The lowest BCUT2D eigenvalue weighted by molar-refractivity contribution is -0.122. The van der Waals surface area contributed by atoms with E-state index >= 15 is 0 Å². The first kappa shape index (κ1) is 6.75. The quantitative estimate of drug-likeness (QED) is 0.476. The molecule has 0 amide bonds. The van der Waals surface area contributed by atoms with Gasteiger partial charge in [-0.15, -0.1) is 0 Å². The van der Waals surface area contributed by atoms with Crippen LogP contribution in [0.5, 0.6) is 0 Å². The Kier molecular flexibility index (Phi) is 1.86. The number of carbonyl (C=O) groups is 1. The van der Waals surface area contributed by atoms with Gasteiger partial charge in [0.2, 0.25) is 0 Å². The second-order valence-corrected chi connectivity index (χ2v) is 2.82. The van der Waals surface area contributed by atoms with Crippen molar-refractivity contribution >= 4 is 5.78 Å². The smallest absolute Gasteiger partial charge is 0.135 e. The third-order valence-electron chi connectivity index (χ3n) is 2.02. The average molecular weight is 127 g/mol. The number of hydrogen-bond acceptors (Lipinski definition) is 2. The standard InChI is InChI=1S/C7H13NO/c1-6-5-7(9)3-4-8(6)2/h6H,3-5H2,1-2H3/t6-/m1/s1. The van der Waals surface area contributed by atoms with E-state index in [0.717, 1.165) is 19.4 Å². The first-order valence-electron chi connectivity index (χ1n) is 3.42. The van der Waals surface area contributed by atoms with Crippen LogP contribution in [-0.2, 0) is 4.79 Å². The van der Waals surface area contributed by atoms with E-state index in [1.54, 1.807) is 0 Å². The summed E-state index contributed by atoms with van der Waals surface area (Å²) in [4.78, 5) is 13.0. The molecule has 0 radical (unpaired) electrons. The second kappa shape index (κ2) is 2.48. The van der Waals surface area contributed by atoms with E-state index < -0.39 is 0 Å². The van der Waals surface area contributed by atoms with Crippen LogP contribution >= 0.6 is 0 Å². The monoisotopic (exact) mass is 127 g/mol. The number of carbonyl (C=O) groups excluding carboxylic acids is 1. The normalized spacial score (nSPS) is 30.9. The highest BCUT2D eigenvalue weighted by Gasteiger charge is 2.19. The molecule has 2 heteroatoms. The fourth-order valence-corrected chi connectivity index (χ4v) is 1.11. The molecule has 1 aliphatic rings. The molecule has 0 aromatic rings. The SMILES string of the molecule is C[C@@H]1CC(=O)CCN1C. The Morgan fingerprint density at radius 2 is 2.33 bits per heavy atom. The predicted octanol–water partition coefficient (Wildman–Crippen LogP) is 0.670. The van der Waals surface area contributed by atoms with Crippen LogP contribution in [0.1, 0.15) is 19.8 Å². The van der Waals surface area contributed by atoms with Crippen LogP contribution in [0.15, 0.2) is 0 Å². The molecule has 0 aliphatic carbocycles. The summed E-state index contributed by atoms with van der Waals surface area (Å²) in [5.41, 5.74) is 0. The van der Waals surface area contributed by atoms with E-state index in [2.05, 4.69) is 18.9 Å². The van der Waals surface area contributed by atoms with Crippen molar-refractivity contribution in [1.82, 2.24) is 4.90 Å². The molecule has 1 heterocycles. The highest BCUT2D eigenvalue weighted by atomic mass is 16.1. The molecule has 0 bridgehead atoms. The van der Waals surface area contributed by atoms with E-state index in [4.69, 9.17) is 0 Å². The summed E-state index contributed by atoms with van der Waals surface area (Å²) in [6.07, 6.45) is 1.50. The van der Waals surface area contributed by atoms with Crippen molar-refractivity contribution in [1.29, 1.82) is 0 Å². The van der Waals surface area contributed by atoms with Gasteiger partial charge in [0.15, 0.2) is 0 Å². The zero-order valence-electron chi connectivity index (χ0n) is 6.05. The zero-order chi connectivity index (χ0) is 6.85. The third-order valence-corrected chi connectivity index (χ3v) is 2.02. The van der Waals surface area contributed by atoms with E-state index in [1.165, 1.54) is 0 Å². The minimum Gasteiger partial charge on any atom is -0.303 e. The van der Waals surface area contributed by atoms with Crippen molar-refractivity contribution in [2.24, 2.45) is 0 Å². The van der Waals surface area contributed by atoms with Gasteiger partial charge < -0.3 is 4.90 Å². The number of piperidine rings is 1. The molecule has 0 N–H and O–H groups in total. The molecular weight excluding hydrogens is 114 g/mol. The van der Waals surface area contributed by atoms with E-state index in [9.17, 15) is 4.79 Å². The van der Waals surface area contributed by atoms with Gasteiger partial charge in [-0.1, -0.05) is 0 Å². The molecule has 1 fully saturated rings. The topological polar surface area (TPSA) is 20.3 Å². The molecular formula is C7H13NO. The molecule has 0 aromatic heterocycles. The average Bonchev–Trinajstić information content (AvgIpc) is 1.80. The summed E-state index contributed by atoms with van der Waals surface area (Å²) in [5, 5.41) is 0. The third kappa shape index (κ3) is 1.52. The van der Waals surface area contributed by atoms with Crippen LogP contribution in [0.3, 0.4) is 0 Å². The highest BCUT2D eigenvalue weighted by Crippen LogP contribution is 2.10. The largest absolute Gasteiger partial charge is 0.303 e. The second-order valence-electron chi connectivity index (χ2n) is 2.82. The van der Waals surface area contributed by atoms with Crippen LogP contribution in [0.2, 0.25) is 0 Å². The fourth-order valence-electron chi connectivity index (χ4n) is 1.11. The number of hydrogen-bond donors (Lipinski definition) is 0. The summed E-state index contributed by atoms with van der Waals surface area (Å²) < 4.78 is 0. The molecule has 2 nitrogen and oxygen atoms in total. The number of nitrogens with zero attached hydrogens (tertiary/aromatic N) is 1. The molecule has 0 spiro atoms. The highest BCUT2D eigenvalue weighted by molar-refractivity contribution is 5.79. The molecule has 52 valence electrons. The Hall–Kier alpha value is -0.370. The van der Waals surface area contributed by atoms with Gasteiger partial charge >= 0.3 is 0 Å².